The van der Waals surface area contributed by atoms with E-state index >= 15 is 0 Å². The van der Waals surface area contributed by atoms with Crippen molar-refractivity contribution in [2.75, 3.05) is 0 Å². The number of halogens is 2. The normalized spacial score (nSPS) is 10.1. The van der Waals surface area contributed by atoms with Gasteiger partial charge in [0.25, 0.3) is 0 Å². The molecule has 14 heavy (non-hydrogen) atoms. The third kappa shape index (κ3) is 2.19. The lowest BCUT2D eigenvalue weighted by Crippen LogP contribution is -1.82. The number of ether oxygens (including phenoxy) is 1. The van der Waals surface area contributed by atoms with Gasteiger partial charge in [0.1, 0.15) is 5.75 Å². The number of hydrogen-bond donors (Lipinski definition) is 0. The maximum atomic E-state index is 5.76. The number of benzene rings is 1. The standard InChI is InChI=1S/C9H5Cl2NO2/c10-6-2-1-3-7(4-6)13-9-12-5-8(11)14-9/h1-5H. The zero-order valence-corrected chi connectivity index (χ0v) is 8.42. The molecule has 0 atom stereocenters. The van der Waals surface area contributed by atoms with Crippen LogP contribution in [-0.2, 0) is 0 Å². The Kier molecular flexibility index (Phi) is 2.61. The summed E-state index contributed by atoms with van der Waals surface area (Å²) in [4.78, 5) is 3.78. The van der Waals surface area contributed by atoms with Gasteiger partial charge in [0.2, 0.25) is 5.22 Å². The van der Waals surface area contributed by atoms with Crippen LogP contribution < -0.4 is 4.74 Å². The third-order valence-electron chi connectivity index (χ3n) is 1.46. The van der Waals surface area contributed by atoms with Crippen LogP contribution in [0.3, 0.4) is 0 Å². The molecule has 1 aromatic heterocycles. The lowest BCUT2D eigenvalue weighted by molar-refractivity contribution is 0.331. The Bertz CT molecular complexity index is 442. The van der Waals surface area contributed by atoms with Gasteiger partial charge >= 0.3 is 6.08 Å². The van der Waals surface area contributed by atoms with Crippen molar-refractivity contribution in [3.8, 4) is 11.8 Å². The Hall–Kier alpha value is -1.19. The van der Waals surface area contributed by atoms with E-state index < -0.39 is 0 Å². The first-order valence-electron chi connectivity index (χ1n) is 3.79. The zero-order valence-electron chi connectivity index (χ0n) is 6.91. The lowest BCUT2D eigenvalue weighted by Gasteiger charge is -1.99. The van der Waals surface area contributed by atoms with Crippen LogP contribution in [0.25, 0.3) is 0 Å². The van der Waals surface area contributed by atoms with Crippen molar-refractivity contribution in [1.82, 2.24) is 4.98 Å². The van der Waals surface area contributed by atoms with E-state index in [0.29, 0.717) is 10.8 Å². The molecule has 3 nitrogen and oxygen atoms in total. The van der Waals surface area contributed by atoms with Gasteiger partial charge in [0.05, 0.1) is 6.20 Å². The minimum Gasteiger partial charge on any atom is -0.411 e. The van der Waals surface area contributed by atoms with Crippen LogP contribution in [0.2, 0.25) is 10.2 Å². The summed E-state index contributed by atoms with van der Waals surface area (Å²) in [5.74, 6) is 0.552. The Labute approximate surface area is 90.2 Å². The molecule has 0 unspecified atom stereocenters. The smallest absolute Gasteiger partial charge is 0.400 e. The average Bonchev–Trinajstić information content (AvgIpc) is 2.51. The molecule has 0 aliphatic heterocycles. The van der Waals surface area contributed by atoms with Crippen LogP contribution in [0.4, 0.5) is 0 Å². The van der Waals surface area contributed by atoms with E-state index in [2.05, 4.69) is 4.98 Å². The Morgan fingerprint density at radius 3 is 2.79 bits per heavy atom. The summed E-state index contributed by atoms with van der Waals surface area (Å²) in [6, 6.07) is 6.91. The van der Waals surface area contributed by atoms with Crippen molar-refractivity contribution in [2.24, 2.45) is 0 Å². The molecule has 2 rings (SSSR count). The molecule has 0 spiro atoms. The molecular formula is C9H5Cl2NO2. The Morgan fingerprint density at radius 2 is 2.14 bits per heavy atom. The van der Waals surface area contributed by atoms with E-state index in [1.807, 2.05) is 0 Å². The molecule has 72 valence electrons. The van der Waals surface area contributed by atoms with E-state index in [1.54, 1.807) is 24.3 Å². The minimum absolute atomic E-state index is 0.0947. The lowest BCUT2D eigenvalue weighted by atomic mass is 10.3. The molecule has 0 saturated carbocycles. The minimum atomic E-state index is 0.0947. The van der Waals surface area contributed by atoms with E-state index in [0.717, 1.165) is 0 Å². The highest BCUT2D eigenvalue weighted by atomic mass is 35.5. The molecule has 0 amide bonds. The molecule has 0 radical (unpaired) electrons. The predicted molar refractivity (Wildman–Crippen MR) is 53.0 cm³/mol. The van der Waals surface area contributed by atoms with Crippen LogP contribution in [0.15, 0.2) is 34.9 Å². The van der Waals surface area contributed by atoms with Gasteiger partial charge in [-0.3, -0.25) is 0 Å². The first-order valence-corrected chi connectivity index (χ1v) is 4.54. The molecule has 0 bridgehead atoms. The van der Waals surface area contributed by atoms with Crippen molar-refractivity contribution in [2.45, 2.75) is 0 Å². The molecule has 2 aromatic rings. The van der Waals surface area contributed by atoms with Crippen molar-refractivity contribution in [3.05, 3.63) is 40.7 Å². The van der Waals surface area contributed by atoms with Crippen molar-refractivity contribution in [3.63, 3.8) is 0 Å². The highest BCUT2D eigenvalue weighted by Gasteiger charge is 2.04. The summed E-state index contributed by atoms with van der Waals surface area (Å²) < 4.78 is 10.1. The van der Waals surface area contributed by atoms with E-state index in [-0.39, 0.29) is 11.3 Å². The molecule has 1 aromatic carbocycles. The largest absolute Gasteiger partial charge is 0.411 e. The summed E-state index contributed by atoms with van der Waals surface area (Å²) in [6.45, 7) is 0. The maximum absolute atomic E-state index is 5.76. The number of aromatic nitrogens is 1. The monoisotopic (exact) mass is 229 g/mol. The van der Waals surface area contributed by atoms with Gasteiger partial charge in [-0.1, -0.05) is 17.7 Å². The summed E-state index contributed by atoms with van der Waals surface area (Å²) in [6.07, 6.45) is 1.46. The summed E-state index contributed by atoms with van der Waals surface area (Å²) in [7, 11) is 0. The fraction of sp³-hybridized carbons (Fsp3) is 0. The van der Waals surface area contributed by atoms with Gasteiger partial charge in [0, 0.05) is 5.02 Å². The predicted octanol–water partition coefficient (Wildman–Crippen LogP) is 3.77. The van der Waals surface area contributed by atoms with Gasteiger partial charge in [-0.15, -0.1) is 0 Å². The Balaban J connectivity index is 2.18. The van der Waals surface area contributed by atoms with Crippen molar-refractivity contribution >= 4 is 23.2 Å². The van der Waals surface area contributed by atoms with E-state index in [9.17, 15) is 0 Å². The molecule has 0 aliphatic carbocycles. The van der Waals surface area contributed by atoms with E-state index in [4.69, 9.17) is 32.4 Å². The fourth-order valence-corrected chi connectivity index (χ4v) is 1.21. The molecule has 0 N–H and O–H groups in total. The number of nitrogens with zero attached hydrogens (tertiary/aromatic N) is 1. The average molecular weight is 230 g/mol. The second-order valence-corrected chi connectivity index (χ2v) is 3.30. The first-order chi connectivity index (χ1) is 6.74. The zero-order chi connectivity index (χ0) is 9.97. The Morgan fingerprint density at radius 1 is 1.29 bits per heavy atom. The van der Waals surface area contributed by atoms with E-state index in [1.165, 1.54) is 6.20 Å². The van der Waals surface area contributed by atoms with Gasteiger partial charge in [-0.2, -0.15) is 4.98 Å². The number of rotatable bonds is 2. The highest BCUT2D eigenvalue weighted by molar-refractivity contribution is 6.30. The maximum Gasteiger partial charge on any atom is 0.400 e. The van der Waals surface area contributed by atoms with Crippen molar-refractivity contribution < 1.29 is 9.15 Å². The van der Waals surface area contributed by atoms with Gasteiger partial charge in [-0.25, -0.2) is 0 Å². The topological polar surface area (TPSA) is 35.3 Å². The second-order valence-electron chi connectivity index (χ2n) is 2.49. The third-order valence-corrected chi connectivity index (χ3v) is 1.87. The summed E-state index contributed by atoms with van der Waals surface area (Å²) >= 11 is 11.3. The molecule has 5 heteroatoms. The fourth-order valence-electron chi connectivity index (χ4n) is 0.918. The molecule has 0 aliphatic rings. The van der Waals surface area contributed by atoms with Crippen molar-refractivity contribution in [1.29, 1.82) is 0 Å². The highest BCUT2D eigenvalue weighted by Crippen LogP contribution is 2.24. The van der Waals surface area contributed by atoms with Crippen LogP contribution in [0, 0.1) is 0 Å². The van der Waals surface area contributed by atoms with Gasteiger partial charge in [-0.05, 0) is 29.8 Å². The second kappa shape index (κ2) is 3.90. The summed E-state index contributed by atoms with van der Waals surface area (Å²) in [5, 5.41) is 0.766. The van der Waals surface area contributed by atoms with Crippen LogP contribution in [-0.4, -0.2) is 4.98 Å². The van der Waals surface area contributed by atoms with Crippen LogP contribution >= 0.6 is 23.2 Å². The quantitative estimate of drug-likeness (QED) is 0.787. The SMILES string of the molecule is Clc1cccc(Oc2ncc(Cl)o2)c1. The van der Waals surface area contributed by atoms with Crippen LogP contribution in [0.1, 0.15) is 0 Å². The molecular weight excluding hydrogens is 225 g/mol. The van der Waals surface area contributed by atoms with Gasteiger partial charge in [0.15, 0.2) is 0 Å². The molecule has 1 heterocycles. The van der Waals surface area contributed by atoms with Crippen LogP contribution in [0.5, 0.6) is 11.8 Å². The molecule has 0 saturated heterocycles. The molecule has 0 fully saturated rings. The number of oxazole rings is 1. The summed E-state index contributed by atoms with van der Waals surface area (Å²) in [5.41, 5.74) is 0. The first kappa shape index (κ1) is 9.37. The number of hydrogen-bond acceptors (Lipinski definition) is 3. The van der Waals surface area contributed by atoms with Gasteiger partial charge < -0.3 is 9.15 Å².